The molecule has 25 heavy (non-hydrogen) atoms. The fourth-order valence-corrected chi connectivity index (χ4v) is 3.58. The van der Waals surface area contributed by atoms with Crippen molar-refractivity contribution in [1.29, 1.82) is 0 Å². The zero-order chi connectivity index (χ0) is 18.1. The third-order valence-corrected chi connectivity index (χ3v) is 5.40. The van der Waals surface area contributed by atoms with E-state index in [1.165, 1.54) is 10.5 Å². The molecule has 4 nitrogen and oxygen atoms in total. The van der Waals surface area contributed by atoms with E-state index in [2.05, 4.69) is 0 Å². The van der Waals surface area contributed by atoms with Crippen molar-refractivity contribution < 1.29 is 14.3 Å². The first kappa shape index (κ1) is 17.3. The van der Waals surface area contributed by atoms with E-state index >= 15 is 0 Å². The second kappa shape index (κ2) is 6.76. The van der Waals surface area contributed by atoms with Crippen molar-refractivity contribution in [3.8, 4) is 5.75 Å². The molecule has 0 aromatic heterocycles. The van der Waals surface area contributed by atoms with Gasteiger partial charge in [-0.05, 0) is 66.9 Å². The van der Waals surface area contributed by atoms with Gasteiger partial charge in [0.1, 0.15) is 5.75 Å². The summed E-state index contributed by atoms with van der Waals surface area (Å²) in [7, 11) is 1.55. The summed E-state index contributed by atoms with van der Waals surface area (Å²) in [6.07, 6.45) is 0. The van der Waals surface area contributed by atoms with Crippen LogP contribution in [0.15, 0.2) is 47.4 Å². The van der Waals surface area contributed by atoms with E-state index in [9.17, 15) is 9.59 Å². The van der Waals surface area contributed by atoms with Gasteiger partial charge in [-0.3, -0.25) is 9.59 Å². The second-order valence-electron chi connectivity index (χ2n) is 5.96. The van der Waals surface area contributed by atoms with Crippen LogP contribution in [0.3, 0.4) is 0 Å². The summed E-state index contributed by atoms with van der Waals surface area (Å²) in [5.41, 5.74) is 4.64. The maximum Gasteiger partial charge on any atom is 0.298 e. The van der Waals surface area contributed by atoms with Gasteiger partial charge in [-0.25, -0.2) is 4.90 Å². The Morgan fingerprint density at radius 3 is 2.48 bits per heavy atom. The number of methoxy groups -OCH3 is 1. The topological polar surface area (TPSA) is 46.6 Å². The van der Waals surface area contributed by atoms with Crippen molar-refractivity contribution in [3.63, 3.8) is 0 Å². The lowest BCUT2D eigenvalue weighted by molar-refractivity contribution is -0.113. The molecule has 1 aliphatic heterocycles. The predicted octanol–water partition coefficient (Wildman–Crippen LogP) is 4.94. The molecular weight excluding hydrogens is 334 g/mol. The number of imide groups is 1. The third-order valence-electron chi connectivity index (χ3n) is 4.36. The normalized spacial score (nSPS) is 16.4. The van der Waals surface area contributed by atoms with Crippen molar-refractivity contribution in [3.05, 3.63) is 64.1 Å². The van der Waals surface area contributed by atoms with Crippen LogP contribution in [0.5, 0.6) is 5.75 Å². The van der Waals surface area contributed by atoms with Crippen molar-refractivity contribution in [2.45, 2.75) is 20.8 Å². The summed E-state index contributed by atoms with van der Waals surface area (Å²) in [6, 6.07) is 13.0. The van der Waals surface area contributed by atoms with Gasteiger partial charge in [0.25, 0.3) is 11.1 Å². The Labute approximate surface area is 151 Å². The molecule has 0 spiro atoms. The molecular formula is C20H19NO3S. The molecule has 1 fully saturated rings. The zero-order valence-corrected chi connectivity index (χ0v) is 15.4. The molecule has 1 heterocycles. The molecule has 0 radical (unpaired) electrons. The predicted molar refractivity (Wildman–Crippen MR) is 102 cm³/mol. The number of anilines is 1. The molecule has 1 aliphatic rings. The fraction of sp³-hybridized carbons (Fsp3) is 0.200. The van der Waals surface area contributed by atoms with Gasteiger partial charge in [-0.15, -0.1) is 0 Å². The fourth-order valence-electron chi connectivity index (χ4n) is 2.68. The van der Waals surface area contributed by atoms with Crippen LogP contribution in [0.25, 0.3) is 5.57 Å². The molecule has 2 aromatic rings. The van der Waals surface area contributed by atoms with Crippen LogP contribution in [-0.4, -0.2) is 18.3 Å². The SMILES string of the molecule is COc1cccc(N2C(=O)S/C(=C(/C)c3ccc(C)c(C)c3)C2=O)c1. The number of ether oxygens (including phenoxy) is 1. The molecule has 0 saturated carbocycles. The Bertz CT molecular complexity index is 902. The van der Waals surface area contributed by atoms with Gasteiger partial charge < -0.3 is 4.74 Å². The number of carbonyl (C=O) groups is 2. The Kier molecular flexibility index (Phi) is 4.68. The number of hydrogen-bond acceptors (Lipinski definition) is 4. The van der Waals surface area contributed by atoms with E-state index in [1.54, 1.807) is 31.4 Å². The van der Waals surface area contributed by atoms with E-state index in [-0.39, 0.29) is 11.1 Å². The molecule has 0 N–H and O–H groups in total. The number of aryl methyl sites for hydroxylation is 2. The highest BCUT2D eigenvalue weighted by Crippen LogP contribution is 2.39. The van der Waals surface area contributed by atoms with E-state index < -0.39 is 0 Å². The summed E-state index contributed by atoms with van der Waals surface area (Å²) in [5, 5.41) is -0.295. The molecule has 3 rings (SSSR count). The highest BCUT2D eigenvalue weighted by atomic mass is 32.2. The van der Waals surface area contributed by atoms with Crippen LogP contribution in [0.1, 0.15) is 23.6 Å². The smallest absolute Gasteiger partial charge is 0.298 e. The molecule has 1 saturated heterocycles. The van der Waals surface area contributed by atoms with Crippen molar-refractivity contribution in [1.82, 2.24) is 0 Å². The van der Waals surface area contributed by atoms with Crippen molar-refractivity contribution in [2.24, 2.45) is 0 Å². The Morgan fingerprint density at radius 1 is 1.04 bits per heavy atom. The highest BCUT2D eigenvalue weighted by molar-refractivity contribution is 8.19. The molecule has 128 valence electrons. The Balaban J connectivity index is 2.01. The molecule has 0 aliphatic carbocycles. The maximum atomic E-state index is 12.9. The zero-order valence-electron chi connectivity index (χ0n) is 14.6. The second-order valence-corrected chi connectivity index (χ2v) is 6.92. The van der Waals surface area contributed by atoms with Crippen molar-refractivity contribution >= 4 is 34.2 Å². The van der Waals surface area contributed by atoms with Gasteiger partial charge >= 0.3 is 0 Å². The van der Waals surface area contributed by atoms with E-state index in [1.807, 2.05) is 39.0 Å². The molecule has 0 bridgehead atoms. The van der Waals surface area contributed by atoms with Crippen LogP contribution >= 0.6 is 11.8 Å². The monoisotopic (exact) mass is 353 g/mol. The van der Waals surface area contributed by atoms with Gasteiger partial charge in [0.05, 0.1) is 17.7 Å². The number of thioether (sulfide) groups is 1. The van der Waals surface area contributed by atoms with E-state index in [4.69, 9.17) is 4.74 Å². The summed E-state index contributed by atoms with van der Waals surface area (Å²) < 4.78 is 5.18. The van der Waals surface area contributed by atoms with Crippen molar-refractivity contribution in [2.75, 3.05) is 12.0 Å². The summed E-state index contributed by atoms with van der Waals surface area (Å²) in [5.74, 6) is 0.311. The van der Waals surface area contributed by atoms with Crippen LogP contribution in [0.2, 0.25) is 0 Å². The first-order chi connectivity index (χ1) is 11.9. The average molecular weight is 353 g/mol. The Morgan fingerprint density at radius 2 is 1.80 bits per heavy atom. The maximum absolute atomic E-state index is 12.9. The molecule has 2 aromatic carbocycles. The van der Waals surface area contributed by atoms with Gasteiger partial charge in [-0.2, -0.15) is 0 Å². The molecule has 0 unspecified atom stereocenters. The van der Waals surface area contributed by atoms with E-state index in [0.29, 0.717) is 16.3 Å². The molecule has 0 atom stereocenters. The lowest BCUT2D eigenvalue weighted by Crippen LogP contribution is -2.27. The van der Waals surface area contributed by atoms with Crippen LogP contribution in [-0.2, 0) is 4.79 Å². The third kappa shape index (κ3) is 3.20. The minimum atomic E-state index is -0.295. The summed E-state index contributed by atoms with van der Waals surface area (Å²) in [4.78, 5) is 27.0. The first-order valence-corrected chi connectivity index (χ1v) is 8.73. The number of allylic oxidation sites excluding steroid dienone is 1. The number of carbonyl (C=O) groups excluding carboxylic acids is 2. The summed E-state index contributed by atoms with van der Waals surface area (Å²) in [6.45, 7) is 5.96. The van der Waals surface area contributed by atoms with Gasteiger partial charge in [0.15, 0.2) is 0 Å². The standard InChI is InChI=1S/C20H19NO3S/c1-12-8-9-15(10-13(12)2)14(3)18-19(22)21(20(23)25-18)16-6-5-7-17(11-16)24-4/h5-11H,1-4H3/b18-14-. The minimum Gasteiger partial charge on any atom is -0.497 e. The highest BCUT2D eigenvalue weighted by Gasteiger charge is 2.37. The number of rotatable bonds is 3. The molecule has 5 heteroatoms. The molecule has 2 amide bonds. The van der Waals surface area contributed by atoms with Gasteiger partial charge in [0, 0.05) is 6.07 Å². The van der Waals surface area contributed by atoms with Gasteiger partial charge in [0.2, 0.25) is 0 Å². The van der Waals surface area contributed by atoms with Crippen LogP contribution < -0.4 is 9.64 Å². The number of hydrogen-bond donors (Lipinski definition) is 0. The number of nitrogens with zero attached hydrogens (tertiary/aromatic N) is 1. The lowest BCUT2D eigenvalue weighted by atomic mass is 10.0. The first-order valence-electron chi connectivity index (χ1n) is 7.91. The Hall–Kier alpha value is -2.53. The van der Waals surface area contributed by atoms with Crippen LogP contribution in [0, 0.1) is 13.8 Å². The quantitative estimate of drug-likeness (QED) is 0.733. The largest absolute Gasteiger partial charge is 0.497 e. The number of amides is 2. The van der Waals surface area contributed by atoms with Crippen LogP contribution in [0.4, 0.5) is 10.5 Å². The summed E-state index contributed by atoms with van der Waals surface area (Å²) >= 11 is 0.979. The lowest BCUT2D eigenvalue weighted by Gasteiger charge is -2.13. The minimum absolute atomic E-state index is 0.293. The van der Waals surface area contributed by atoms with E-state index in [0.717, 1.165) is 28.5 Å². The van der Waals surface area contributed by atoms with Gasteiger partial charge in [-0.1, -0.05) is 24.3 Å². The number of benzene rings is 2. The average Bonchev–Trinajstić information content (AvgIpc) is 2.91.